The van der Waals surface area contributed by atoms with Gasteiger partial charge in [-0.05, 0) is 24.2 Å². The Balaban J connectivity index is 2.24. The standard InChI is InChI=1S/C15H16N4OS/c1-3-11(10-7-5-4-6-8-10)19-13-12(18-15(19)21)14(20-2)17-9-16-13/h4-9,11H,3H2,1-2H3,(H,18,21). The molecule has 0 radical (unpaired) electrons. The number of fused-ring (bicyclic) bond motifs is 1. The normalized spacial score (nSPS) is 12.5. The third-order valence-electron chi connectivity index (χ3n) is 3.55. The maximum Gasteiger partial charge on any atom is 0.242 e. The molecule has 6 heteroatoms. The summed E-state index contributed by atoms with van der Waals surface area (Å²) in [6.07, 6.45) is 2.41. The van der Waals surface area contributed by atoms with Crippen molar-refractivity contribution in [1.82, 2.24) is 19.5 Å². The average molecular weight is 300 g/mol. The van der Waals surface area contributed by atoms with Gasteiger partial charge >= 0.3 is 0 Å². The van der Waals surface area contributed by atoms with Gasteiger partial charge in [0, 0.05) is 0 Å². The van der Waals surface area contributed by atoms with Crippen LogP contribution < -0.4 is 4.74 Å². The largest absolute Gasteiger partial charge is 0.479 e. The molecule has 0 saturated carbocycles. The van der Waals surface area contributed by atoms with E-state index in [1.165, 1.54) is 11.9 Å². The van der Waals surface area contributed by atoms with Gasteiger partial charge in [-0.25, -0.2) is 4.98 Å². The molecule has 5 nitrogen and oxygen atoms in total. The van der Waals surface area contributed by atoms with Gasteiger partial charge in [-0.1, -0.05) is 37.3 Å². The Morgan fingerprint density at radius 1 is 1.29 bits per heavy atom. The van der Waals surface area contributed by atoms with E-state index < -0.39 is 0 Å². The van der Waals surface area contributed by atoms with E-state index in [-0.39, 0.29) is 6.04 Å². The maximum atomic E-state index is 5.49. The van der Waals surface area contributed by atoms with Gasteiger partial charge in [0.25, 0.3) is 0 Å². The van der Waals surface area contributed by atoms with Gasteiger partial charge in [-0.15, -0.1) is 0 Å². The molecule has 0 aliphatic carbocycles. The summed E-state index contributed by atoms with van der Waals surface area (Å²) >= 11 is 5.49. The number of rotatable bonds is 4. The molecule has 2 heterocycles. The topological polar surface area (TPSA) is 55.7 Å². The molecule has 0 amide bonds. The summed E-state index contributed by atoms with van der Waals surface area (Å²) in [6.45, 7) is 2.14. The fourth-order valence-electron chi connectivity index (χ4n) is 2.60. The predicted octanol–water partition coefficient (Wildman–Crippen LogP) is 3.50. The third-order valence-corrected chi connectivity index (χ3v) is 3.85. The summed E-state index contributed by atoms with van der Waals surface area (Å²) in [5, 5.41) is 0. The molecule has 21 heavy (non-hydrogen) atoms. The number of ether oxygens (including phenoxy) is 1. The Bertz CT molecular complexity index is 809. The molecule has 0 spiro atoms. The van der Waals surface area contributed by atoms with E-state index in [0.717, 1.165) is 17.6 Å². The molecule has 1 unspecified atom stereocenters. The molecule has 3 aromatic rings. The minimum absolute atomic E-state index is 0.132. The maximum absolute atomic E-state index is 5.49. The number of nitrogens with one attached hydrogen (secondary N) is 1. The molecule has 3 rings (SSSR count). The summed E-state index contributed by atoms with van der Waals surface area (Å²) in [7, 11) is 1.59. The van der Waals surface area contributed by atoms with E-state index in [9.17, 15) is 0 Å². The van der Waals surface area contributed by atoms with Crippen LogP contribution in [0, 0.1) is 4.77 Å². The van der Waals surface area contributed by atoms with Crippen LogP contribution in [0.3, 0.4) is 0 Å². The Kier molecular flexibility index (Phi) is 3.70. The van der Waals surface area contributed by atoms with Gasteiger partial charge < -0.3 is 9.72 Å². The van der Waals surface area contributed by atoms with E-state index in [2.05, 4.69) is 34.0 Å². The first-order valence-corrected chi connectivity index (χ1v) is 7.21. The molecule has 2 aromatic heterocycles. The lowest BCUT2D eigenvalue weighted by Gasteiger charge is -2.17. The Hall–Kier alpha value is -2.21. The van der Waals surface area contributed by atoms with Gasteiger partial charge in [0.1, 0.15) is 11.8 Å². The van der Waals surface area contributed by atoms with Crippen LogP contribution in [0.1, 0.15) is 24.9 Å². The Morgan fingerprint density at radius 3 is 2.71 bits per heavy atom. The summed E-state index contributed by atoms with van der Waals surface area (Å²) in [5.74, 6) is 0.507. The zero-order valence-corrected chi connectivity index (χ0v) is 12.7. The first-order valence-electron chi connectivity index (χ1n) is 6.80. The summed E-state index contributed by atoms with van der Waals surface area (Å²) < 4.78 is 7.93. The van der Waals surface area contributed by atoms with Gasteiger partial charge in [0.15, 0.2) is 10.4 Å². The van der Waals surface area contributed by atoms with Crippen LogP contribution in [0.15, 0.2) is 36.7 Å². The number of nitrogens with zero attached hydrogens (tertiary/aromatic N) is 3. The summed E-state index contributed by atoms with van der Waals surface area (Å²) in [5.41, 5.74) is 2.71. The molecule has 0 saturated heterocycles. The number of H-pyrrole nitrogens is 1. The fourth-order valence-corrected chi connectivity index (χ4v) is 2.92. The van der Waals surface area contributed by atoms with Gasteiger partial charge in [-0.2, -0.15) is 4.98 Å². The van der Waals surface area contributed by atoms with Crippen LogP contribution in [0.5, 0.6) is 5.88 Å². The molecule has 0 fully saturated rings. The number of aromatic nitrogens is 4. The molecule has 1 atom stereocenters. The lowest BCUT2D eigenvalue weighted by atomic mass is 10.0. The SMILES string of the molecule is CCC(c1ccccc1)n1c(=S)[nH]c2c(OC)ncnc21. The van der Waals surface area contributed by atoms with Crippen molar-refractivity contribution in [1.29, 1.82) is 0 Å². The van der Waals surface area contributed by atoms with E-state index in [1.807, 2.05) is 22.8 Å². The number of hydrogen-bond donors (Lipinski definition) is 1. The zero-order valence-electron chi connectivity index (χ0n) is 11.9. The minimum atomic E-state index is 0.132. The molecular formula is C15H16N4OS. The van der Waals surface area contributed by atoms with Crippen molar-refractivity contribution in [2.24, 2.45) is 0 Å². The lowest BCUT2D eigenvalue weighted by molar-refractivity contribution is 0.401. The van der Waals surface area contributed by atoms with Crippen molar-refractivity contribution in [2.45, 2.75) is 19.4 Å². The quantitative estimate of drug-likeness (QED) is 0.749. The average Bonchev–Trinajstić information content (AvgIpc) is 2.86. The summed E-state index contributed by atoms with van der Waals surface area (Å²) in [6, 6.07) is 10.4. The van der Waals surface area contributed by atoms with Crippen LogP contribution >= 0.6 is 12.2 Å². The molecule has 1 N–H and O–H groups in total. The Labute approximate surface area is 127 Å². The first kappa shape index (κ1) is 13.8. The van der Waals surface area contributed by atoms with E-state index >= 15 is 0 Å². The number of methoxy groups -OCH3 is 1. The molecule has 1 aromatic carbocycles. The fraction of sp³-hybridized carbons (Fsp3) is 0.267. The van der Waals surface area contributed by atoms with Crippen molar-refractivity contribution >= 4 is 23.4 Å². The number of hydrogen-bond acceptors (Lipinski definition) is 4. The van der Waals surface area contributed by atoms with Crippen molar-refractivity contribution < 1.29 is 4.74 Å². The van der Waals surface area contributed by atoms with E-state index in [1.54, 1.807) is 7.11 Å². The molecular weight excluding hydrogens is 284 g/mol. The van der Waals surface area contributed by atoms with Gasteiger partial charge in [0.2, 0.25) is 5.88 Å². The van der Waals surface area contributed by atoms with Crippen LogP contribution in [-0.4, -0.2) is 26.6 Å². The van der Waals surface area contributed by atoms with E-state index in [4.69, 9.17) is 17.0 Å². The second kappa shape index (κ2) is 5.65. The first-order chi connectivity index (χ1) is 10.3. The van der Waals surface area contributed by atoms with Crippen molar-refractivity contribution in [3.63, 3.8) is 0 Å². The van der Waals surface area contributed by atoms with E-state index in [0.29, 0.717) is 10.7 Å². The van der Waals surface area contributed by atoms with Crippen molar-refractivity contribution in [3.8, 4) is 5.88 Å². The number of aromatic amines is 1. The highest BCUT2D eigenvalue weighted by Crippen LogP contribution is 2.28. The highest BCUT2D eigenvalue weighted by atomic mass is 32.1. The highest BCUT2D eigenvalue weighted by molar-refractivity contribution is 7.71. The van der Waals surface area contributed by atoms with Crippen LogP contribution in [0.25, 0.3) is 11.2 Å². The third kappa shape index (κ3) is 2.31. The second-order valence-electron chi connectivity index (χ2n) is 4.72. The summed E-state index contributed by atoms with van der Waals surface area (Å²) in [4.78, 5) is 11.7. The molecule has 108 valence electrons. The van der Waals surface area contributed by atoms with Crippen molar-refractivity contribution in [3.05, 3.63) is 47.0 Å². The predicted molar refractivity (Wildman–Crippen MR) is 84.1 cm³/mol. The smallest absolute Gasteiger partial charge is 0.242 e. The second-order valence-corrected chi connectivity index (χ2v) is 5.10. The lowest BCUT2D eigenvalue weighted by Crippen LogP contribution is -2.10. The van der Waals surface area contributed by atoms with Gasteiger partial charge in [-0.3, -0.25) is 4.57 Å². The molecule has 0 aliphatic rings. The number of benzene rings is 1. The van der Waals surface area contributed by atoms with Crippen LogP contribution in [0.2, 0.25) is 0 Å². The van der Waals surface area contributed by atoms with Crippen LogP contribution in [0.4, 0.5) is 0 Å². The Morgan fingerprint density at radius 2 is 2.05 bits per heavy atom. The molecule has 0 aliphatic heterocycles. The van der Waals surface area contributed by atoms with Crippen LogP contribution in [-0.2, 0) is 0 Å². The highest BCUT2D eigenvalue weighted by Gasteiger charge is 2.18. The van der Waals surface area contributed by atoms with Crippen molar-refractivity contribution in [2.75, 3.05) is 7.11 Å². The minimum Gasteiger partial charge on any atom is -0.479 e. The monoisotopic (exact) mass is 300 g/mol. The van der Waals surface area contributed by atoms with Gasteiger partial charge in [0.05, 0.1) is 13.2 Å². The number of imidazole rings is 1. The molecule has 0 bridgehead atoms. The zero-order chi connectivity index (χ0) is 14.8.